The van der Waals surface area contributed by atoms with Gasteiger partial charge in [0.05, 0.1) is 18.3 Å². The summed E-state index contributed by atoms with van der Waals surface area (Å²) in [6, 6.07) is 20.9. The highest BCUT2D eigenvalue weighted by atomic mass is 16.5. The maximum Gasteiger partial charge on any atom is 0.228 e. The van der Waals surface area contributed by atoms with E-state index in [1.807, 2.05) is 61.5 Å². The Kier molecular flexibility index (Phi) is 4.87. The Morgan fingerprint density at radius 2 is 1.75 bits per heavy atom. The zero-order valence-corrected chi connectivity index (χ0v) is 13.4. The number of hydrogen-bond acceptors (Lipinski definition) is 3. The monoisotopic (exact) mass is 318 g/mol. The number of rotatable bonds is 5. The van der Waals surface area contributed by atoms with Gasteiger partial charge in [0, 0.05) is 6.07 Å². The van der Waals surface area contributed by atoms with E-state index in [9.17, 15) is 4.79 Å². The second-order valence-electron chi connectivity index (χ2n) is 5.51. The number of nitrogens with one attached hydrogen (secondary N) is 1. The summed E-state index contributed by atoms with van der Waals surface area (Å²) in [7, 11) is 0. The lowest BCUT2D eigenvalue weighted by Crippen LogP contribution is -2.14. The highest BCUT2D eigenvalue weighted by Gasteiger charge is 2.05. The number of aromatic nitrogens is 1. The van der Waals surface area contributed by atoms with Gasteiger partial charge in [-0.3, -0.25) is 4.79 Å². The standard InChI is InChI=1S/C20H18N2O2/c1-15-7-10-18(11-8-15)24-20-12-9-17(14-21-20)22-19(23)13-16-5-3-2-4-6-16/h2-12,14H,13H2,1H3,(H,22,23). The van der Waals surface area contributed by atoms with E-state index in [0.717, 1.165) is 11.3 Å². The normalized spacial score (nSPS) is 10.2. The Balaban J connectivity index is 1.58. The predicted molar refractivity (Wildman–Crippen MR) is 94.3 cm³/mol. The third-order valence-electron chi connectivity index (χ3n) is 3.47. The molecule has 0 aliphatic rings. The van der Waals surface area contributed by atoms with Gasteiger partial charge >= 0.3 is 0 Å². The lowest BCUT2D eigenvalue weighted by molar-refractivity contribution is -0.115. The van der Waals surface area contributed by atoms with Crippen molar-refractivity contribution in [1.29, 1.82) is 0 Å². The van der Waals surface area contributed by atoms with Crippen LogP contribution in [0.15, 0.2) is 72.9 Å². The van der Waals surface area contributed by atoms with Crippen molar-refractivity contribution in [3.8, 4) is 11.6 Å². The molecular weight excluding hydrogens is 300 g/mol. The first-order valence-electron chi connectivity index (χ1n) is 7.73. The second-order valence-corrected chi connectivity index (χ2v) is 5.51. The van der Waals surface area contributed by atoms with Crippen LogP contribution in [0.1, 0.15) is 11.1 Å². The fourth-order valence-corrected chi connectivity index (χ4v) is 2.23. The van der Waals surface area contributed by atoms with Gasteiger partial charge in [-0.15, -0.1) is 0 Å². The quantitative estimate of drug-likeness (QED) is 0.760. The molecule has 120 valence electrons. The molecule has 1 amide bonds. The zero-order valence-electron chi connectivity index (χ0n) is 13.4. The topological polar surface area (TPSA) is 51.2 Å². The Labute approximate surface area is 141 Å². The van der Waals surface area contributed by atoms with Gasteiger partial charge in [0.1, 0.15) is 5.75 Å². The predicted octanol–water partition coefficient (Wildman–Crippen LogP) is 4.36. The van der Waals surface area contributed by atoms with Gasteiger partial charge in [0.15, 0.2) is 0 Å². The van der Waals surface area contributed by atoms with Crippen molar-refractivity contribution >= 4 is 11.6 Å². The van der Waals surface area contributed by atoms with Crippen molar-refractivity contribution in [2.75, 3.05) is 5.32 Å². The molecule has 0 spiro atoms. The molecule has 1 aromatic heterocycles. The first-order chi connectivity index (χ1) is 11.7. The van der Waals surface area contributed by atoms with Crippen LogP contribution < -0.4 is 10.1 Å². The van der Waals surface area contributed by atoms with Gasteiger partial charge < -0.3 is 10.1 Å². The summed E-state index contributed by atoms with van der Waals surface area (Å²) in [4.78, 5) is 16.2. The van der Waals surface area contributed by atoms with E-state index in [-0.39, 0.29) is 5.91 Å². The molecule has 3 aromatic rings. The van der Waals surface area contributed by atoms with Crippen LogP contribution in [0.25, 0.3) is 0 Å². The molecular formula is C20H18N2O2. The highest BCUT2D eigenvalue weighted by Crippen LogP contribution is 2.20. The van der Waals surface area contributed by atoms with E-state index in [1.54, 1.807) is 18.3 Å². The summed E-state index contributed by atoms with van der Waals surface area (Å²) in [6.45, 7) is 2.02. The van der Waals surface area contributed by atoms with Gasteiger partial charge in [-0.25, -0.2) is 4.98 Å². The van der Waals surface area contributed by atoms with Gasteiger partial charge in [0.2, 0.25) is 11.8 Å². The van der Waals surface area contributed by atoms with Crippen LogP contribution in [-0.2, 0) is 11.2 Å². The van der Waals surface area contributed by atoms with Crippen molar-refractivity contribution in [2.45, 2.75) is 13.3 Å². The molecule has 0 unspecified atom stereocenters. The fourth-order valence-electron chi connectivity index (χ4n) is 2.23. The maximum absolute atomic E-state index is 12.0. The van der Waals surface area contributed by atoms with Crippen LogP contribution in [0.5, 0.6) is 11.6 Å². The van der Waals surface area contributed by atoms with E-state index < -0.39 is 0 Å². The minimum absolute atomic E-state index is 0.0739. The molecule has 0 saturated heterocycles. The lowest BCUT2D eigenvalue weighted by Gasteiger charge is -2.07. The number of ether oxygens (including phenoxy) is 1. The third kappa shape index (κ3) is 4.43. The minimum Gasteiger partial charge on any atom is -0.439 e. The molecule has 0 fully saturated rings. The van der Waals surface area contributed by atoms with Gasteiger partial charge in [0.25, 0.3) is 0 Å². The number of carbonyl (C=O) groups is 1. The number of carbonyl (C=O) groups excluding carboxylic acids is 1. The van der Waals surface area contributed by atoms with Crippen molar-refractivity contribution in [2.24, 2.45) is 0 Å². The average Bonchev–Trinajstić information content (AvgIpc) is 2.59. The number of anilines is 1. The fraction of sp³-hybridized carbons (Fsp3) is 0.100. The van der Waals surface area contributed by atoms with E-state index in [2.05, 4.69) is 10.3 Å². The molecule has 2 aromatic carbocycles. The molecule has 3 rings (SSSR count). The van der Waals surface area contributed by atoms with Gasteiger partial charge in [-0.1, -0.05) is 48.0 Å². The van der Waals surface area contributed by atoms with Gasteiger partial charge in [-0.2, -0.15) is 0 Å². The molecule has 0 radical (unpaired) electrons. The lowest BCUT2D eigenvalue weighted by atomic mass is 10.1. The van der Waals surface area contributed by atoms with E-state index in [0.29, 0.717) is 18.0 Å². The number of amides is 1. The molecule has 0 aliphatic carbocycles. The summed E-state index contributed by atoms with van der Waals surface area (Å²) in [5.41, 5.74) is 2.79. The molecule has 0 bridgehead atoms. The van der Waals surface area contributed by atoms with Crippen LogP contribution >= 0.6 is 0 Å². The number of nitrogens with zero attached hydrogens (tertiary/aromatic N) is 1. The molecule has 4 heteroatoms. The van der Waals surface area contributed by atoms with Crippen LogP contribution in [-0.4, -0.2) is 10.9 Å². The molecule has 1 N–H and O–H groups in total. The Morgan fingerprint density at radius 3 is 2.42 bits per heavy atom. The summed E-state index contributed by atoms with van der Waals surface area (Å²) in [6.07, 6.45) is 1.93. The smallest absolute Gasteiger partial charge is 0.228 e. The largest absolute Gasteiger partial charge is 0.439 e. The molecule has 24 heavy (non-hydrogen) atoms. The van der Waals surface area contributed by atoms with Crippen LogP contribution in [0, 0.1) is 6.92 Å². The zero-order chi connectivity index (χ0) is 16.8. The number of hydrogen-bond donors (Lipinski definition) is 1. The SMILES string of the molecule is Cc1ccc(Oc2ccc(NC(=O)Cc3ccccc3)cn2)cc1. The third-order valence-corrected chi connectivity index (χ3v) is 3.47. The summed E-state index contributed by atoms with van der Waals surface area (Å²) in [5, 5.41) is 2.83. The molecule has 0 atom stereocenters. The Morgan fingerprint density at radius 1 is 1.00 bits per heavy atom. The van der Waals surface area contributed by atoms with Gasteiger partial charge in [-0.05, 0) is 30.7 Å². The van der Waals surface area contributed by atoms with Crippen molar-refractivity contribution in [3.63, 3.8) is 0 Å². The molecule has 4 nitrogen and oxygen atoms in total. The van der Waals surface area contributed by atoms with E-state index >= 15 is 0 Å². The number of benzene rings is 2. The molecule has 0 saturated carbocycles. The first kappa shape index (κ1) is 15.7. The van der Waals surface area contributed by atoms with Crippen molar-refractivity contribution in [3.05, 3.63) is 84.1 Å². The second kappa shape index (κ2) is 7.42. The van der Waals surface area contributed by atoms with Crippen LogP contribution in [0.3, 0.4) is 0 Å². The van der Waals surface area contributed by atoms with Crippen molar-refractivity contribution in [1.82, 2.24) is 4.98 Å². The Hall–Kier alpha value is -3.14. The minimum atomic E-state index is -0.0739. The number of aryl methyl sites for hydroxylation is 1. The Bertz CT molecular complexity index is 797. The number of pyridine rings is 1. The summed E-state index contributed by atoms with van der Waals surface area (Å²) >= 11 is 0. The van der Waals surface area contributed by atoms with E-state index in [1.165, 1.54) is 5.56 Å². The van der Waals surface area contributed by atoms with Crippen LogP contribution in [0.4, 0.5) is 5.69 Å². The molecule has 1 heterocycles. The van der Waals surface area contributed by atoms with Crippen LogP contribution in [0.2, 0.25) is 0 Å². The average molecular weight is 318 g/mol. The van der Waals surface area contributed by atoms with Crippen molar-refractivity contribution < 1.29 is 9.53 Å². The maximum atomic E-state index is 12.0. The highest BCUT2D eigenvalue weighted by molar-refractivity contribution is 5.92. The molecule has 0 aliphatic heterocycles. The first-order valence-corrected chi connectivity index (χ1v) is 7.73. The summed E-state index contributed by atoms with van der Waals surface area (Å²) < 4.78 is 5.67. The summed E-state index contributed by atoms with van der Waals surface area (Å²) in [5.74, 6) is 1.14. The van der Waals surface area contributed by atoms with E-state index in [4.69, 9.17) is 4.74 Å².